The van der Waals surface area contributed by atoms with Gasteiger partial charge in [-0.05, 0) is 92.1 Å². The van der Waals surface area contributed by atoms with E-state index in [-0.39, 0.29) is 70.9 Å². The first-order valence-electron chi connectivity index (χ1n) is 21.2. The number of hydrogen-bond acceptors (Lipinski definition) is 6. The minimum atomic E-state index is -0.298. The van der Waals surface area contributed by atoms with Gasteiger partial charge in [0.25, 0.3) is 0 Å². The molecule has 0 unspecified atom stereocenters. The van der Waals surface area contributed by atoms with Crippen molar-refractivity contribution in [3.63, 3.8) is 0 Å². The fraction of sp³-hybridized carbons (Fsp3) is 0.321. The Morgan fingerprint density at radius 3 is 0.968 bits per heavy atom. The van der Waals surface area contributed by atoms with Crippen molar-refractivity contribution in [1.29, 1.82) is 0 Å². The first kappa shape index (κ1) is 52.1. The van der Waals surface area contributed by atoms with E-state index in [0.29, 0.717) is 11.1 Å². The van der Waals surface area contributed by atoms with Gasteiger partial charge in [-0.1, -0.05) is 204 Å². The van der Waals surface area contributed by atoms with Gasteiger partial charge in [0.05, 0.1) is 11.4 Å². The van der Waals surface area contributed by atoms with Gasteiger partial charge in [-0.3, -0.25) is 9.98 Å². The van der Waals surface area contributed by atoms with Crippen LogP contribution in [0.2, 0.25) is 0 Å². The number of benzene rings is 6. The Morgan fingerprint density at radius 2 is 0.714 bits per heavy atom. The topological polar surface area (TPSA) is 117 Å². The van der Waals surface area contributed by atoms with Crippen LogP contribution in [0.5, 0.6) is 23.0 Å². The average molecular weight is 920 g/mol. The molecule has 6 aromatic carbocycles. The normalized spacial score (nSPS) is 12.0. The van der Waals surface area contributed by atoms with E-state index in [1.54, 1.807) is 36.7 Å². The first-order chi connectivity index (χ1) is 28.8. The summed E-state index contributed by atoms with van der Waals surface area (Å²) in [4.78, 5) is 9.97. The van der Waals surface area contributed by atoms with E-state index in [4.69, 9.17) is 9.98 Å². The number of aliphatic imine (C=N–C) groups is 2. The number of nitrogens with zero attached hydrogens (tertiary/aromatic N) is 2. The Kier molecular flexibility index (Phi) is 17.7. The maximum atomic E-state index is 13.7. The van der Waals surface area contributed by atoms with Crippen LogP contribution >= 0.6 is 0 Å². The van der Waals surface area contributed by atoms with Crippen LogP contribution in [0.3, 0.4) is 0 Å². The summed E-state index contributed by atoms with van der Waals surface area (Å²) in [7, 11) is 0. The van der Waals surface area contributed by atoms with Crippen LogP contribution in [0.15, 0.2) is 131 Å². The van der Waals surface area contributed by atoms with Gasteiger partial charge in [0.1, 0.15) is 0 Å². The third kappa shape index (κ3) is 14.4. The van der Waals surface area contributed by atoms with Crippen LogP contribution in [0.4, 0.5) is 11.4 Å². The molecule has 0 amide bonds. The Hall–Kier alpha value is -5.26. The summed E-state index contributed by atoms with van der Waals surface area (Å²) in [5.41, 5.74) is 9.64. The molecular formula is C56H64N2O4Zr. The standard InChI is InChI=1S/C44H56N2O2.2C6H6O.Zr/c1-27-17-15-19-35(45-25-29-21-31(41(3,4)5)23-33(39(29)47)43(9,10)11)37(27)38-28(2)18-16-20-36(38)46-26-30-22-32(42(6,7)8)24-34(40(30)48)44(12,13)14;2*7-6-4-2-1-3-5-6;/h15-26,47-48H,1-14H3;2*1-5,7H;/q;;;+4/p-4. The molecule has 6 aromatic rings. The van der Waals surface area contributed by atoms with Crippen molar-refractivity contribution >= 4 is 23.8 Å². The maximum Gasteiger partial charge on any atom is 4.00 e. The summed E-state index contributed by atoms with van der Waals surface area (Å²) in [6.45, 7) is 29.6. The third-order valence-electron chi connectivity index (χ3n) is 10.5. The summed E-state index contributed by atoms with van der Waals surface area (Å²) < 4.78 is 0. The van der Waals surface area contributed by atoms with Gasteiger partial charge in [-0.15, -0.1) is 11.5 Å². The summed E-state index contributed by atoms with van der Waals surface area (Å²) >= 11 is 0. The molecule has 6 nitrogen and oxygen atoms in total. The molecular weight excluding hydrogens is 856 g/mol. The molecule has 0 aliphatic heterocycles. The largest absolute Gasteiger partial charge is 4.00 e. The summed E-state index contributed by atoms with van der Waals surface area (Å²) in [6.07, 6.45) is 3.45. The minimum absolute atomic E-state index is 0. The van der Waals surface area contributed by atoms with Crippen molar-refractivity contribution in [2.75, 3.05) is 0 Å². The average Bonchev–Trinajstić information content (AvgIpc) is 3.17. The van der Waals surface area contributed by atoms with E-state index < -0.39 is 0 Å². The molecule has 7 heteroatoms. The molecule has 0 bridgehead atoms. The van der Waals surface area contributed by atoms with Gasteiger partial charge in [-0.2, -0.15) is 0 Å². The Bertz CT molecular complexity index is 2320. The van der Waals surface area contributed by atoms with Crippen LogP contribution in [-0.4, -0.2) is 12.4 Å². The molecule has 0 atom stereocenters. The molecule has 0 saturated carbocycles. The second-order valence-electron chi connectivity index (χ2n) is 20.0. The maximum absolute atomic E-state index is 13.7. The van der Waals surface area contributed by atoms with Crippen molar-refractivity contribution in [3.8, 4) is 34.1 Å². The Labute approximate surface area is 396 Å². The van der Waals surface area contributed by atoms with Crippen molar-refractivity contribution in [2.24, 2.45) is 9.98 Å². The molecule has 0 spiro atoms. The fourth-order valence-corrected chi connectivity index (χ4v) is 6.76. The summed E-state index contributed by atoms with van der Waals surface area (Å²) in [6, 6.07) is 36.8. The molecule has 0 aliphatic carbocycles. The number of para-hydroxylation sites is 2. The fourth-order valence-electron chi connectivity index (χ4n) is 6.76. The van der Waals surface area contributed by atoms with Crippen molar-refractivity contribution in [1.82, 2.24) is 0 Å². The van der Waals surface area contributed by atoms with Crippen LogP contribution < -0.4 is 20.4 Å². The molecule has 6 rings (SSSR count). The van der Waals surface area contributed by atoms with E-state index in [1.807, 2.05) is 48.5 Å². The molecule has 0 radical (unpaired) electrons. The summed E-state index contributed by atoms with van der Waals surface area (Å²) in [5, 5.41) is 48.0. The molecule has 0 fully saturated rings. The van der Waals surface area contributed by atoms with E-state index in [0.717, 1.165) is 55.9 Å². The number of aryl methyl sites for hydroxylation is 2. The third-order valence-corrected chi connectivity index (χ3v) is 10.5. The quantitative estimate of drug-likeness (QED) is 0.160. The van der Waals surface area contributed by atoms with E-state index >= 15 is 0 Å². The molecule has 63 heavy (non-hydrogen) atoms. The first-order valence-corrected chi connectivity index (χ1v) is 21.2. The molecule has 326 valence electrons. The molecule has 0 heterocycles. The minimum Gasteiger partial charge on any atom is -0.872 e. The van der Waals surface area contributed by atoms with E-state index in [2.05, 4.69) is 121 Å². The van der Waals surface area contributed by atoms with Crippen molar-refractivity contribution in [2.45, 2.75) is 119 Å². The van der Waals surface area contributed by atoms with E-state index in [9.17, 15) is 20.4 Å². The molecule has 0 saturated heterocycles. The van der Waals surface area contributed by atoms with Crippen LogP contribution in [0, 0.1) is 13.8 Å². The van der Waals surface area contributed by atoms with Gasteiger partial charge >= 0.3 is 26.2 Å². The second-order valence-corrected chi connectivity index (χ2v) is 20.0. The number of rotatable bonds is 5. The van der Waals surface area contributed by atoms with Gasteiger partial charge < -0.3 is 20.4 Å². The van der Waals surface area contributed by atoms with E-state index in [1.165, 1.54) is 24.3 Å². The summed E-state index contributed by atoms with van der Waals surface area (Å²) in [5.74, 6) is 0.162. The molecule has 0 aliphatic rings. The van der Waals surface area contributed by atoms with Gasteiger partial charge in [-0.25, -0.2) is 0 Å². The van der Waals surface area contributed by atoms with Crippen LogP contribution in [-0.2, 0) is 47.9 Å². The van der Waals surface area contributed by atoms with Gasteiger partial charge in [0.15, 0.2) is 0 Å². The van der Waals surface area contributed by atoms with Gasteiger partial charge in [0.2, 0.25) is 0 Å². The molecule has 0 N–H and O–H groups in total. The SMILES string of the molecule is Cc1cccc(N=Cc2cc(C(C)(C)C)cc(C(C)(C)C)c2[O-])c1-c1c(C)cccc1N=Cc1cc(C(C)(C)C)cc(C(C)(C)C)c1[O-].[O-]c1ccccc1.[O-]c1ccccc1.[Zr+4]. The predicted octanol–water partition coefficient (Wildman–Crippen LogP) is 12.3. The Morgan fingerprint density at radius 1 is 0.397 bits per heavy atom. The zero-order valence-electron chi connectivity index (χ0n) is 39.7. The zero-order chi connectivity index (χ0) is 46.2. The van der Waals surface area contributed by atoms with Crippen molar-refractivity contribution in [3.05, 3.63) is 166 Å². The van der Waals surface area contributed by atoms with Crippen LogP contribution in [0.25, 0.3) is 11.1 Å². The van der Waals surface area contributed by atoms with Crippen LogP contribution in [0.1, 0.15) is 128 Å². The Balaban J connectivity index is 0.000000593. The zero-order valence-corrected chi connectivity index (χ0v) is 42.2. The smallest absolute Gasteiger partial charge is 0.872 e. The number of hydrogen-bond donors (Lipinski definition) is 0. The molecule has 0 aromatic heterocycles. The monoisotopic (exact) mass is 918 g/mol. The van der Waals surface area contributed by atoms with Gasteiger partial charge in [0, 0.05) is 23.6 Å². The predicted molar refractivity (Wildman–Crippen MR) is 254 cm³/mol. The second kappa shape index (κ2) is 21.4. The van der Waals surface area contributed by atoms with Crippen molar-refractivity contribution < 1.29 is 46.6 Å².